The van der Waals surface area contributed by atoms with Gasteiger partial charge in [0.15, 0.2) is 17.5 Å². The zero-order valence-electron chi connectivity index (χ0n) is 33.3. The van der Waals surface area contributed by atoms with Crippen LogP contribution in [0.2, 0.25) is 0 Å². The van der Waals surface area contributed by atoms with Crippen LogP contribution in [0.25, 0.3) is 127 Å². The Balaban J connectivity index is 1.11. The van der Waals surface area contributed by atoms with E-state index in [9.17, 15) is 0 Å². The van der Waals surface area contributed by atoms with Crippen molar-refractivity contribution in [2.24, 2.45) is 0 Å². The molecule has 0 saturated heterocycles. The number of fused-ring (bicyclic) bond motifs is 10. The summed E-state index contributed by atoms with van der Waals surface area (Å²) in [7, 11) is 0. The summed E-state index contributed by atoms with van der Waals surface area (Å²) in [5, 5.41) is 11.6. The standard InChI is InChI=1S/C57H34N4O/c1-2-15-36(16-3-1)55-58-56(60-57(59-55)45-24-12-22-41-40-19-7-6-14-35(40)28-30-42(41)45)39-29-31-50(48(33-39)44-23-13-27-53-54(44)46-21-9-11-26-52(46)62-53)61-49-25-10-8-20-43(49)47-32-37-17-4-5-18-38(37)34-51(47)61/h1-34H. The minimum Gasteiger partial charge on any atom is -0.456 e. The number of nitrogens with zero attached hydrogens (tertiary/aromatic N) is 4. The van der Waals surface area contributed by atoms with Gasteiger partial charge in [0, 0.05) is 43.8 Å². The summed E-state index contributed by atoms with van der Waals surface area (Å²) >= 11 is 0. The number of hydrogen-bond acceptors (Lipinski definition) is 4. The fourth-order valence-electron chi connectivity index (χ4n) is 9.58. The first-order valence-corrected chi connectivity index (χ1v) is 20.9. The predicted octanol–water partition coefficient (Wildman–Crippen LogP) is 15.0. The lowest BCUT2D eigenvalue weighted by Crippen LogP contribution is -2.02. The number of aromatic nitrogens is 4. The lowest BCUT2D eigenvalue weighted by atomic mass is 9.95. The molecule has 0 fully saturated rings. The Hall–Kier alpha value is -8.41. The van der Waals surface area contributed by atoms with Gasteiger partial charge in [-0.25, -0.2) is 15.0 Å². The van der Waals surface area contributed by atoms with E-state index in [2.05, 4.69) is 180 Å². The second-order valence-electron chi connectivity index (χ2n) is 15.9. The normalized spacial score (nSPS) is 11.9. The Morgan fingerprint density at radius 1 is 0.323 bits per heavy atom. The molecule has 5 heteroatoms. The Kier molecular flexibility index (Phi) is 7.54. The van der Waals surface area contributed by atoms with Crippen molar-refractivity contribution >= 4 is 76.1 Å². The van der Waals surface area contributed by atoms with Gasteiger partial charge in [0.1, 0.15) is 11.2 Å². The highest BCUT2D eigenvalue weighted by molar-refractivity contribution is 6.16. The Morgan fingerprint density at radius 2 is 0.968 bits per heavy atom. The van der Waals surface area contributed by atoms with Crippen LogP contribution in [0.15, 0.2) is 211 Å². The number of benzene rings is 10. The molecular formula is C57H34N4O. The van der Waals surface area contributed by atoms with Crippen LogP contribution in [0, 0.1) is 0 Å². The molecule has 288 valence electrons. The smallest absolute Gasteiger partial charge is 0.164 e. The van der Waals surface area contributed by atoms with Crippen LogP contribution in [-0.4, -0.2) is 19.5 Å². The quantitative estimate of drug-likeness (QED) is 0.163. The van der Waals surface area contributed by atoms with E-state index >= 15 is 0 Å². The molecule has 0 amide bonds. The van der Waals surface area contributed by atoms with E-state index < -0.39 is 0 Å². The zero-order valence-corrected chi connectivity index (χ0v) is 33.3. The minimum atomic E-state index is 0.594. The Bertz CT molecular complexity index is 3940. The van der Waals surface area contributed by atoms with Gasteiger partial charge in [-0.2, -0.15) is 0 Å². The fourth-order valence-corrected chi connectivity index (χ4v) is 9.58. The van der Waals surface area contributed by atoms with Crippen LogP contribution in [0.4, 0.5) is 0 Å². The summed E-state index contributed by atoms with van der Waals surface area (Å²) in [4.78, 5) is 15.8. The molecule has 5 nitrogen and oxygen atoms in total. The van der Waals surface area contributed by atoms with Gasteiger partial charge < -0.3 is 8.98 Å². The molecular weight excluding hydrogens is 757 g/mol. The first kappa shape index (κ1) is 34.5. The number of hydrogen-bond donors (Lipinski definition) is 0. The van der Waals surface area contributed by atoms with Crippen molar-refractivity contribution in [1.82, 2.24) is 19.5 Å². The van der Waals surface area contributed by atoms with Crippen molar-refractivity contribution in [2.45, 2.75) is 0 Å². The van der Waals surface area contributed by atoms with E-state index in [1.165, 1.54) is 32.3 Å². The molecule has 0 unspecified atom stereocenters. The second kappa shape index (κ2) is 13.6. The lowest BCUT2D eigenvalue weighted by Gasteiger charge is -2.17. The summed E-state index contributed by atoms with van der Waals surface area (Å²) in [6.45, 7) is 0. The van der Waals surface area contributed by atoms with Crippen LogP contribution in [-0.2, 0) is 0 Å². The van der Waals surface area contributed by atoms with Gasteiger partial charge in [0.05, 0.1) is 16.7 Å². The summed E-state index contributed by atoms with van der Waals surface area (Å²) in [6.07, 6.45) is 0. The van der Waals surface area contributed by atoms with Crippen molar-refractivity contribution in [3.05, 3.63) is 206 Å². The largest absolute Gasteiger partial charge is 0.456 e. The topological polar surface area (TPSA) is 56.7 Å². The highest BCUT2D eigenvalue weighted by Gasteiger charge is 2.22. The maximum absolute atomic E-state index is 6.50. The van der Waals surface area contributed by atoms with Crippen molar-refractivity contribution in [2.75, 3.05) is 0 Å². The molecule has 13 aromatic rings. The molecule has 0 aliphatic rings. The van der Waals surface area contributed by atoms with Gasteiger partial charge in [-0.3, -0.25) is 0 Å². The Morgan fingerprint density at radius 3 is 1.84 bits per heavy atom. The SMILES string of the molecule is c1ccc(-c2nc(-c3ccc(-n4c5ccccc5c5cc6ccccc6cc54)c(-c4cccc5oc6ccccc6c45)c3)nc(-c3cccc4c3ccc3ccccc34)n2)cc1. The second-order valence-corrected chi connectivity index (χ2v) is 15.9. The molecule has 3 heterocycles. The van der Waals surface area contributed by atoms with Crippen molar-refractivity contribution < 1.29 is 4.42 Å². The fraction of sp³-hybridized carbons (Fsp3) is 0. The summed E-state index contributed by atoms with van der Waals surface area (Å²) in [5.41, 5.74) is 9.88. The third-order valence-electron chi connectivity index (χ3n) is 12.4. The highest BCUT2D eigenvalue weighted by atomic mass is 16.3. The van der Waals surface area contributed by atoms with E-state index in [4.69, 9.17) is 19.4 Å². The maximum Gasteiger partial charge on any atom is 0.164 e. The minimum absolute atomic E-state index is 0.594. The molecule has 0 radical (unpaired) electrons. The van der Waals surface area contributed by atoms with Crippen LogP contribution in [0.1, 0.15) is 0 Å². The molecule has 0 spiro atoms. The molecule has 13 rings (SSSR count). The molecule has 3 aromatic heterocycles. The highest BCUT2D eigenvalue weighted by Crippen LogP contribution is 2.44. The molecule has 10 aromatic carbocycles. The molecule has 0 atom stereocenters. The summed E-state index contributed by atoms with van der Waals surface area (Å²) in [5.74, 6) is 1.83. The summed E-state index contributed by atoms with van der Waals surface area (Å²) in [6, 6.07) is 72.8. The molecule has 62 heavy (non-hydrogen) atoms. The van der Waals surface area contributed by atoms with E-state index in [0.29, 0.717) is 17.5 Å². The van der Waals surface area contributed by atoms with Gasteiger partial charge in [-0.05, 0) is 86.4 Å². The molecule has 0 N–H and O–H groups in total. The van der Waals surface area contributed by atoms with Gasteiger partial charge in [-0.15, -0.1) is 0 Å². The molecule has 0 aliphatic heterocycles. The first-order valence-electron chi connectivity index (χ1n) is 20.9. The number of rotatable bonds is 5. The van der Waals surface area contributed by atoms with Gasteiger partial charge in [0.25, 0.3) is 0 Å². The third-order valence-corrected chi connectivity index (χ3v) is 12.4. The Labute approximate surface area is 355 Å². The predicted molar refractivity (Wildman–Crippen MR) is 256 cm³/mol. The van der Waals surface area contributed by atoms with E-state index in [1.807, 2.05) is 30.3 Å². The van der Waals surface area contributed by atoms with E-state index in [1.54, 1.807) is 0 Å². The van der Waals surface area contributed by atoms with Crippen molar-refractivity contribution in [1.29, 1.82) is 0 Å². The average Bonchev–Trinajstić information content (AvgIpc) is 3.88. The van der Waals surface area contributed by atoms with Crippen LogP contribution < -0.4 is 0 Å². The lowest BCUT2D eigenvalue weighted by molar-refractivity contribution is 0.669. The van der Waals surface area contributed by atoms with E-state index in [-0.39, 0.29) is 0 Å². The maximum atomic E-state index is 6.50. The monoisotopic (exact) mass is 790 g/mol. The van der Waals surface area contributed by atoms with Gasteiger partial charge >= 0.3 is 0 Å². The van der Waals surface area contributed by atoms with Crippen molar-refractivity contribution in [3.63, 3.8) is 0 Å². The third kappa shape index (κ3) is 5.32. The average molecular weight is 791 g/mol. The van der Waals surface area contributed by atoms with E-state index in [0.717, 1.165) is 77.2 Å². The summed E-state index contributed by atoms with van der Waals surface area (Å²) < 4.78 is 8.92. The van der Waals surface area contributed by atoms with Crippen LogP contribution in [0.3, 0.4) is 0 Å². The van der Waals surface area contributed by atoms with Crippen LogP contribution >= 0.6 is 0 Å². The number of para-hydroxylation sites is 2. The van der Waals surface area contributed by atoms with Crippen molar-refractivity contribution in [3.8, 4) is 51.0 Å². The first-order chi connectivity index (χ1) is 30.7. The van der Waals surface area contributed by atoms with Gasteiger partial charge in [0.2, 0.25) is 0 Å². The van der Waals surface area contributed by atoms with Crippen LogP contribution in [0.5, 0.6) is 0 Å². The number of furan rings is 1. The van der Waals surface area contributed by atoms with Gasteiger partial charge in [-0.1, -0.05) is 158 Å². The molecule has 0 bridgehead atoms. The molecule has 0 aliphatic carbocycles. The molecule has 0 saturated carbocycles. The zero-order chi connectivity index (χ0) is 40.7.